The minimum Gasteiger partial charge on any atom is -0.467 e. The number of carbonyl (C=O) groups is 1. The highest BCUT2D eigenvalue weighted by Gasteiger charge is 2.31. The number of amides is 1. The van der Waals surface area contributed by atoms with Crippen LogP contribution < -0.4 is 10.1 Å². The van der Waals surface area contributed by atoms with Gasteiger partial charge in [0.1, 0.15) is 18.1 Å². The molecule has 0 bridgehead atoms. The summed E-state index contributed by atoms with van der Waals surface area (Å²) < 4.78 is 51.1. The van der Waals surface area contributed by atoms with Crippen molar-refractivity contribution in [3.05, 3.63) is 89.4 Å². The third-order valence-corrected chi connectivity index (χ3v) is 3.89. The van der Waals surface area contributed by atoms with E-state index in [9.17, 15) is 18.0 Å². The summed E-state index contributed by atoms with van der Waals surface area (Å²) in [5.74, 6) is -0.0422. The van der Waals surface area contributed by atoms with E-state index < -0.39 is 12.3 Å². The lowest BCUT2D eigenvalue weighted by Crippen LogP contribution is -2.23. The first-order valence-corrected chi connectivity index (χ1v) is 8.71. The number of carbonyl (C=O) groups excluding carboxylic acids is 1. The summed E-state index contributed by atoms with van der Waals surface area (Å²) in [6.45, 7) is 1.02. The minimum absolute atomic E-state index is 0.234. The lowest BCUT2D eigenvalue weighted by atomic mass is 10.1. The molecule has 5 nitrogen and oxygen atoms in total. The molecule has 0 aliphatic rings. The summed E-state index contributed by atoms with van der Waals surface area (Å²) in [6, 6.07) is 15.9. The van der Waals surface area contributed by atoms with Gasteiger partial charge in [0.2, 0.25) is 0 Å². The Morgan fingerprint density at radius 2 is 1.72 bits per heavy atom. The van der Waals surface area contributed by atoms with Crippen LogP contribution in [0.1, 0.15) is 27.2 Å². The van der Waals surface area contributed by atoms with E-state index in [1.165, 1.54) is 12.1 Å². The van der Waals surface area contributed by atoms with Crippen LogP contribution in [0.2, 0.25) is 0 Å². The topological polar surface area (TPSA) is 60.7 Å². The maximum Gasteiger partial charge on any atom is 0.573 e. The molecule has 0 radical (unpaired) electrons. The van der Waals surface area contributed by atoms with Crippen molar-refractivity contribution in [3.8, 4) is 5.75 Å². The van der Waals surface area contributed by atoms with Gasteiger partial charge in [0, 0.05) is 12.1 Å². The number of hydrogen-bond acceptors (Lipinski definition) is 4. The molecule has 0 saturated heterocycles. The van der Waals surface area contributed by atoms with Gasteiger partial charge in [-0.1, -0.05) is 24.3 Å². The summed E-state index contributed by atoms with van der Waals surface area (Å²) >= 11 is 0. The van der Waals surface area contributed by atoms with Crippen molar-refractivity contribution in [2.75, 3.05) is 0 Å². The van der Waals surface area contributed by atoms with Crippen molar-refractivity contribution >= 4 is 5.91 Å². The standard InChI is InChI=1S/C21H18F3NO4/c22-21(23,24)29-18-8-6-17(7-9-18)20(26)25-12-15-3-1-4-16(11-15)13-27-14-19-5-2-10-28-19/h1-11H,12-14H2,(H,25,26). The second-order valence-corrected chi connectivity index (χ2v) is 6.15. The van der Waals surface area contributed by atoms with Crippen LogP contribution in [0.25, 0.3) is 0 Å². The van der Waals surface area contributed by atoms with Gasteiger partial charge in [0.25, 0.3) is 5.91 Å². The molecule has 8 heteroatoms. The molecule has 0 unspecified atom stereocenters. The third-order valence-electron chi connectivity index (χ3n) is 3.89. The van der Waals surface area contributed by atoms with Crippen LogP contribution in [-0.4, -0.2) is 12.3 Å². The van der Waals surface area contributed by atoms with Gasteiger partial charge in [0.05, 0.1) is 12.9 Å². The van der Waals surface area contributed by atoms with Crippen LogP contribution >= 0.6 is 0 Å². The van der Waals surface area contributed by atoms with Crippen molar-refractivity contribution in [2.24, 2.45) is 0 Å². The number of alkyl halides is 3. The number of ether oxygens (including phenoxy) is 2. The molecule has 1 heterocycles. The smallest absolute Gasteiger partial charge is 0.467 e. The summed E-state index contributed by atoms with van der Waals surface area (Å²) in [7, 11) is 0. The molecule has 3 aromatic rings. The molecular formula is C21H18F3NO4. The Labute approximate surface area is 165 Å². The Hall–Kier alpha value is -3.26. The van der Waals surface area contributed by atoms with E-state index in [4.69, 9.17) is 9.15 Å². The van der Waals surface area contributed by atoms with Crippen molar-refractivity contribution in [2.45, 2.75) is 26.1 Å². The van der Waals surface area contributed by atoms with E-state index >= 15 is 0 Å². The van der Waals surface area contributed by atoms with E-state index in [-0.39, 0.29) is 17.9 Å². The molecular weight excluding hydrogens is 387 g/mol. The minimum atomic E-state index is -4.77. The average molecular weight is 405 g/mol. The number of nitrogens with one attached hydrogen (secondary N) is 1. The number of hydrogen-bond donors (Lipinski definition) is 1. The molecule has 0 atom stereocenters. The van der Waals surface area contributed by atoms with Crippen molar-refractivity contribution in [1.82, 2.24) is 5.32 Å². The molecule has 0 fully saturated rings. The van der Waals surface area contributed by atoms with Crippen LogP contribution in [0.15, 0.2) is 71.3 Å². The predicted octanol–water partition coefficient (Wildman–Crippen LogP) is 4.83. The molecule has 1 N–H and O–H groups in total. The Balaban J connectivity index is 1.49. The van der Waals surface area contributed by atoms with Crippen molar-refractivity contribution in [1.29, 1.82) is 0 Å². The molecule has 3 rings (SSSR count). The quantitative estimate of drug-likeness (QED) is 0.584. The van der Waals surface area contributed by atoms with Gasteiger partial charge in [-0.15, -0.1) is 13.2 Å². The van der Waals surface area contributed by atoms with Gasteiger partial charge >= 0.3 is 6.36 Å². The van der Waals surface area contributed by atoms with E-state index in [2.05, 4.69) is 10.1 Å². The summed E-state index contributed by atoms with van der Waals surface area (Å²) in [4.78, 5) is 12.2. The molecule has 1 aromatic heterocycles. The van der Waals surface area contributed by atoms with Crippen LogP contribution in [0.3, 0.4) is 0 Å². The second-order valence-electron chi connectivity index (χ2n) is 6.15. The van der Waals surface area contributed by atoms with Gasteiger partial charge in [-0.25, -0.2) is 0 Å². The molecule has 0 aliphatic heterocycles. The zero-order valence-electron chi connectivity index (χ0n) is 15.2. The number of furan rings is 1. The van der Waals surface area contributed by atoms with E-state index in [1.807, 2.05) is 30.3 Å². The lowest BCUT2D eigenvalue weighted by molar-refractivity contribution is -0.274. The first-order chi connectivity index (χ1) is 13.9. The van der Waals surface area contributed by atoms with Gasteiger partial charge in [0.15, 0.2) is 0 Å². The van der Waals surface area contributed by atoms with E-state index in [0.29, 0.717) is 13.2 Å². The number of benzene rings is 2. The number of halogens is 3. The molecule has 2 aromatic carbocycles. The Morgan fingerprint density at radius 3 is 2.41 bits per heavy atom. The molecule has 152 valence electrons. The number of rotatable bonds is 8. The van der Waals surface area contributed by atoms with Crippen LogP contribution in [-0.2, 0) is 24.5 Å². The van der Waals surface area contributed by atoms with Crippen LogP contribution in [0, 0.1) is 0 Å². The Morgan fingerprint density at radius 1 is 0.966 bits per heavy atom. The highest BCUT2D eigenvalue weighted by atomic mass is 19.4. The Bertz CT molecular complexity index is 922. The Kier molecular flexibility index (Phi) is 6.56. The first-order valence-electron chi connectivity index (χ1n) is 8.71. The zero-order valence-corrected chi connectivity index (χ0v) is 15.2. The van der Waals surface area contributed by atoms with Crippen molar-refractivity contribution in [3.63, 3.8) is 0 Å². The maximum absolute atomic E-state index is 12.2. The highest BCUT2D eigenvalue weighted by molar-refractivity contribution is 5.94. The van der Waals surface area contributed by atoms with Gasteiger partial charge in [-0.05, 0) is 47.5 Å². The monoisotopic (exact) mass is 405 g/mol. The maximum atomic E-state index is 12.2. The SMILES string of the molecule is O=C(NCc1cccc(COCc2ccco2)c1)c1ccc(OC(F)(F)F)cc1. The third kappa shape index (κ3) is 6.69. The fraction of sp³-hybridized carbons (Fsp3) is 0.190. The van der Waals surface area contributed by atoms with Crippen molar-refractivity contribution < 1.29 is 31.9 Å². The molecule has 29 heavy (non-hydrogen) atoms. The van der Waals surface area contributed by atoms with Crippen LogP contribution in [0.4, 0.5) is 13.2 Å². The van der Waals surface area contributed by atoms with Crippen LogP contribution in [0.5, 0.6) is 5.75 Å². The second kappa shape index (κ2) is 9.29. The predicted molar refractivity (Wildman–Crippen MR) is 97.9 cm³/mol. The first kappa shape index (κ1) is 20.5. The van der Waals surface area contributed by atoms with Gasteiger partial charge in [-0.3, -0.25) is 4.79 Å². The summed E-state index contributed by atoms with van der Waals surface area (Å²) in [5, 5.41) is 2.73. The lowest BCUT2D eigenvalue weighted by Gasteiger charge is -2.10. The summed E-state index contributed by atoms with van der Waals surface area (Å²) in [5.41, 5.74) is 2.05. The normalized spacial score (nSPS) is 11.3. The van der Waals surface area contributed by atoms with E-state index in [1.54, 1.807) is 12.3 Å². The molecule has 0 spiro atoms. The highest BCUT2D eigenvalue weighted by Crippen LogP contribution is 2.22. The summed E-state index contributed by atoms with van der Waals surface area (Å²) in [6.07, 6.45) is -3.19. The molecule has 0 saturated carbocycles. The fourth-order valence-electron chi connectivity index (χ4n) is 2.59. The zero-order chi connectivity index (χ0) is 20.7. The average Bonchev–Trinajstić information content (AvgIpc) is 3.19. The largest absolute Gasteiger partial charge is 0.573 e. The van der Waals surface area contributed by atoms with E-state index in [0.717, 1.165) is 29.0 Å². The molecule has 1 amide bonds. The molecule has 0 aliphatic carbocycles. The fourth-order valence-corrected chi connectivity index (χ4v) is 2.59. The van der Waals surface area contributed by atoms with Gasteiger partial charge < -0.3 is 19.2 Å². The van der Waals surface area contributed by atoms with Gasteiger partial charge in [-0.2, -0.15) is 0 Å².